The number of aliphatic carboxylic acids is 1. The Hall–Kier alpha value is -2.11. The fourth-order valence-electron chi connectivity index (χ4n) is 2.82. The van der Waals surface area contributed by atoms with Crippen LogP contribution in [0.4, 0.5) is 0 Å². The van der Waals surface area contributed by atoms with Gasteiger partial charge < -0.3 is 15.0 Å². The van der Waals surface area contributed by atoms with E-state index >= 15 is 0 Å². The first-order valence-electron chi connectivity index (χ1n) is 7.11. The molecule has 0 radical (unpaired) electrons. The van der Waals surface area contributed by atoms with Crippen LogP contribution in [0.2, 0.25) is 0 Å². The molecule has 0 spiro atoms. The van der Waals surface area contributed by atoms with Crippen molar-refractivity contribution in [2.45, 2.75) is 38.6 Å². The van der Waals surface area contributed by atoms with Gasteiger partial charge in [-0.1, -0.05) is 12.8 Å². The van der Waals surface area contributed by atoms with Crippen molar-refractivity contribution in [1.82, 2.24) is 9.88 Å². The number of hydrogen-bond donors (Lipinski definition) is 2. The summed E-state index contributed by atoms with van der Waals surface area (Å²) in [7, 11) is 1.69. The van der Waals surface area contributed by atoms with Crippen LogP contribution in [-0.4, -0.2) is 33.4 Å². The van der Waals surface area contributed by atoms with Gasteiger partial charge >= 0.3 is 5.97 Å². The largest absolute Gasteiger partial charge is 0.481 e. The lowest BCUT2D eigenvalue weighted by Gasteiger charge is -2.29. The maximum absolute atomic E-state index is 12.3. The third-order valence-electron chi connectivity index (χ3n) is 4.04. The SMILES string of the molecule is CC(=O)c1cc(C(=O)NC2CCCCC2C(=O)O)n(C)c1. The summed E-state index contributed by atoms with van der Waals surface area (Å²) in [4.78, 5) is 34.9. The molecule has 2 unspecified atom stereocenters. The van der Waals surface area contributed by atoms with Crippen LogP contribution >= 0.6 is 0 Å². The van der Waals surface area contributed by atoms with Gasteiger partial charge in [0.15, 0.2) is 5.78 Å². The maximum atomic E-state index is 12.3. The van der Waals surface area contributed by atoms with Gasteiger partial charge in [0, 0.05) is 24.8 Å². The monoisotopic (exact) mass is 292 g/mol. The van der Waals surface area contributed by atoms with E-state index in [1.54, 1.807) is 17.8 Å². The molecule has 114 valence electrons. The summed E-state index contributed by atoms with van der Waals surface area (Å²) in [5, 5.41) is 12.0. The summed E-state index contributed by atoms with van der Waals surface area (Å²) in [6, 6.07) is 1.19. The van der Waals surface area contributed by atoms with Crippen LogP contribution in [0.15, 0.2) is 12.3 Å². The molecule has 1 saturated carbocycles. The van der Waals surface area contributed by atoms with Crippen LogP contribution in [0.5, 0.6) is 0 Å². The highest BCUT2D eigenvalue weighted by atomic mass is 16.4. The molecule has 1 aliphatic rings. The second-order valence-electron chi connectivity index (χ2n) is 5.59. The molecular weight excluding hydrogens is 272 g/mol. The Labute approximate surface area is 123 Å². The van der Waals surface area contributed by atoms with Crippen LogP contribution in [0, 0.1) is 5.92 Å². The Balaban J connectivity index is 2.13. The molecule has 2 rings (SSSR count). The van der Waals surface area contributed by atoms with Gasteiger partial charge in [0.1, 0.15) is 5.69 Å². The Bertz CT molecular complexity index is 576. The number of nitrogens with zero attached hydrogens (tertiary/aromatic N) is 1. The van der Waals surface area contributed by atoms with Crippen molar-refractivity contribution in [2.75, 3.05) is 0 Å². The summed E-state index contributed by atoms with van der Waals surface area (Å²) in [5.41, 5.74) is 0.844. The number of rotatable bonds is 4. The zero-order valence-electron chi connectivity index (χ0n) is 12.3. The highest BCUT2D eigenvalue weighted by Crippen LogP contribution is 2.25. The molecule has 1 aromatic heterocycles. The molecule has 6 heteroatoms. The van der Waals surface area contributed by atoms with E-state index in [2.05, 4.69) is 5.32 Å². The average molecular weight is 292 g/mol. The lowest BCUT2D eigenvalue weighted by Crippen LogP contribution is -2.45. The van der Waals surface area contributed by atoms with Crippen molar-refractivity contribution < 1.29 is 19.5 Å². The minimum absolute atomic E-state index is 0.106. The van der Waals surface area contributed by atoms with Gasteiger partial charge in [-0.15, -0.1) is 0 Å². The first-order valence-corrected chi connectivity index (χ1v) is 7.11. The zero-order chi connectivity index (χ0) is 15.6. The van der Waals surface area contributed by atoms with Crippen LogP contribution in [0.1, 0.15) is 53.5 Å². The van der Waals surface area contributed by atoms with E-state index in [1.165, 1.54) is 13.0 Å². The van der Waals surface area contributed by atoms with Crippen molar-refractivity contribution in [3.63, 3.8) is 0 Å². The second-order valence-corrected chi connectivity index (χ2v) is 5.59. The predicted molar refractivity (Wildman–Crippen MR) is 76.3 cm³/mol. The Morgan fingerprint density at radius 1 is 1.29 bits per heavy atom. The molecular formula is C15H20N2O4. The summed E-state index contributed by atoms with van der Waals surface area (Å²) in [6.07, 6.45) is 4.66. The Morgan fingerprint density at radius 2 is 1.95 bits per heavy atom. The Morgan fingerprint density at radius 3 is 2.52 bits per heavy atom. The number of hydrogen-bond acceptors (Lipinski definition) is 3. The molecule has 0 aromatic carbocycles. The van der Waals surface area contributed by atoms with Crippen molar-refractivity contribution in [1.29, 1.82) is 0 Å². The van der Waals surface area contributed by atoms with Crippen molar-refractivity contribution in [3.05, 3.63) is 23.5 Å². The standard InChI is InChI=1S/C15H20N2O4/c1-9(18)10-7-13(17(2)8-10)14(19)16-12-6-4-3-5-11(12)15(20)21/h7-8,11-12H,3-6H2,1-2H3,(H,16,19)(H,20,21). The fourth-order valence-corrected chi connectivity index (χ4v) is 2.82. The van der Waals surface area contributed by atoms with Crippen molar-refractivity contribution in [2.24, 2.45) is 13.0 Å². The predicted octanol–water partition coefficient (Wildman–Crippen LogP) is 1.60. The highest BCUT2D eigenvalue weighted by Gasteiger charge is 2.32. The molecule has 6 nitrogen and oxygen atoms in total. The van der Waals surface area contributed by atoms with Crippen LogP contribution < -0.4 is 5.32 Å². The van der Waals surface area contributed by atoms with Crippen LogP contribution in [-0.2, 0) is 11.8 Å². The number of carbonyl (C=O) groups is 3. The fraction of sp³-hybridized carbons (Fsp3) is 0.533. The topological polar surface area (TPSA) is 88.4 Å². The van der Waals surface area contributed by atoms with Gasteiger partial charge in [0.05, 0.1) is 5.92 Å². The number of carboxylic acids is 1. The molecule has 2 N–H and O–H groups in total. The van der Waals surface area contributed by atoms with Gasteiger partial charge in [0.25, 0.3) is 5.91 Å². The molecule has 2 atom stereocenters. The summed E-state index contributed by atoms with van der Waals surface area (Å²) in [5.74, 6) is -1.83. The van der Waals surface area contributed by atoms with Crippen LogP contribution in [0.3, 0.4) is 0 Å². The van der Waals surface area contributed by atoms with Gasteiger partial charge in [-0.2, -0.15) is 0 Å². The lowest BCUT2D eigenvalue weighted by molar-refractivity contribution is -0.143. The maximum Gasteiger partial charge on any atom is 0.308 e. The van der Waals surface area contributed by atoms with E-state index < -0.39 is 11.9 Å². The molecule has 1 aliphatic carbocycles. The summed E-state index contributed by atoms with van der Waals surface area (Å²) >= 11 is 0. The number of aryl methyl sites for hydroxylation is 1. The summed E-state index contributed by atoms with van der Waals surface area (Å²) in [6.45, 7) is 1.44. The van der Waals surface area contributed by atoms with Crippen molar-refractivity contribution in [3.8, 4) is 0 Å². The normalized spacial score (nSPS) is 21.8. The number of carbonyl (C=O) groups excluding carboxylic acids is 2. The summed E-state index contributed by atoms with van der Waals surface area (Å²) < 4.78 is 1.59. The van der Waals surface area contributed by atoms with Gasteiger partial charge in [-0.3, -0.25) is 14.4 Å². The van der Waals surface area contributed by atoms with E-state index in [9.17, 15) is 19.5 Å². The molecule has 0 saturated heterocycles. The second kappa shape index (κ2) is 6.11. The minimum atomic E-state index is -0.865. The molecule has 0 bridgehead atoms. The minimum Gasteiger partial charge on any atom is -0.481 e. The molecule has 1 fully saturated rings. The molecule has 1 heterocycles. The molecule has 21 heavy (non-hydrogen) atoms. The number of ketones is 1. The molecule has 1 aromatic rings. The average Bonchev–Trinajstić information content (AvgIpc) is 2.81. The number of Topliss-reactive ketones (excluding diaryl/α,β-unsaturated/α-hetero) is 1. The first-order chi connectivity index (χ1) is 9.90. The van der Waals surface area contributed by atoms with E-state index in [4.69, 9.17) is 0 Å². The quantitative estimate of drug-likeness (QED) is 0.825. The van der Waals surface area contributed by atoms with Gasteiger partial charge in [0.2, 0.25) is 0 Å². The number of amides is 1. The number of nitrogens with one attached hydrogen (secondary N) is 1. The van der Waals surface area contributed by atoms with E-state index in [0.717, 1.165) is 12.8 Å². The highest BCUT2D eigenvalue weighted by molar-refractivity contribution is 5.99. The van der Waals surface area contributed by atoms with Gasteiger partial charge in [-0.25, -0.2) is 0 Å². The Kier molecular flexibility index (Phi) is 4.45. The third-order valence-corrected chi connectivity index (χ3v) is 4.04. The molecule has 0 aliphatic heterocycles. The van der Waals surface area contributed by atoms with Crippen LogP contribution in [0.25, 0.3) is 0 Å². The van der Waals surface area contributed by atoms with E-state index in [1.807, 2.05) is 0 Å². The first kappa shape index (κ1) is 15.3. The number of aromatic nitrogens is 1. The van der Waals surface area contributed by atoms with Gasteiger partial charge in [-0.05, 0) is 25.8 Å². The zero-order valence-corrected chi connectivity index (χ0v) is 12.3. The lowest BCUT2D eigenvalue weighted by atomic mass is 9.84. The van der Waals surface area contributed by atoms with Crippen molar-refractivity contribution >= 4 is 17.7 Å². The van der Waals surface area contributed by atoms with E-state index in [0.29, 0.717) is 24.1 Å². The third kappa shape index (κ3) is 3.32. The van der Waals surface area contributed by atoms with E-state index in [-0.39, 0.29) is 17.7 Å². The smallest absolute Gasteiger partial charge is 0.308 e. The number of carboxylic acid groups (broad SMARTS) is 1. The molecule has 1 amide bonds.